The molecule has 0 fully saturated rings. The fraction of sp³-hybridized carbons (Fsp3) is 0.429. The number of hydrogen-bond donors (Lipinski definition) is 2. The van der Waals surface area contributed by atoms with E-state index in [0.717, 1.165) is 0 Å². The summed E-state index contributed by atoms with van der Waals surface area (Å²) in [4.78, 5) is 22.6. The van der Waals surface area contributed by atoms with Gasteiger partial charge in [-0.3, -0.25) is 9.59 Å². The van der Waals surface area contributed by atoms with Gasteiger partial charge in [0, 0.05) is 24.6 Å². The van der Waals surface area contributed by atoms with Gasteiger partial charge in [0.1, 0.15) is 0 Å². The van der Waals surface area contributed by atoms with Crippen LogP contribution in [0.5, 0.6) is 0 Å². The predicted octanol–water partition coefficient (Wildman–Crippen LogP) is 1.08. The second-order valence-corrected chi connectivity index (χ2v) is 6.72. The molecular weight excluding hydrogens is 292 g/mol. The van der Waals surface area contributed by atoms with Crippen LogP contribution in [0.3, 0.4) is 0 Å². The summed E-state index contributed by atoms with van der Waals surface area (Å²) >= 11 is 0. The van der Waals surface area contributed by atoms with E-state index in [0.29, 0.717) is 5.56 Å². The van der Waals surface area contributed by atoms with E-state index in [1.54, 1.807) is 0 Å². The van der Waals surface area contributed by atoms with Crippen LogP contribution >= 0.6 is 0 Å². The lowest BCUT2D eigenvalue weighted by Crippen LogP contribution is -2.34. The molecular formula is C14H20N2O4S. The highest BCUT2D eigenvalue weighted by Crippen LogP contribution is 2.10. The van der Waals surface area contributed by atoms with Gasteiger partial charge in [-0.05, 0) is 32.9 Å². The van der Waals surface area contributed by atoms with E-state index in [-0.39, 0.29) is 35.6 Å². The third kappa shape index (κ3) is 5.65. The van der Waals surface area contributed by atoms with Crippen molar-refractivity contribution in [3.63, 3.8) is 0 Å². The second kappa shape index (κ2) is 7.33. The maximum absolute atomic E-state index is 12.0. The Morgan fingerprint density at radius 3 is 2.19 bits per heavy atom. The number of Topliss-reactive ketones (excluding diaryl/α,β-unsaturated/α-hetero) is 1. The molecule has 7 heteroatoms. The third-order valence-corrected chi connectivity index (χ3v) is 4.14. The number of hydrogen-bond acceptors (Lipinski definition) is 4. The molecule has 1 aromatic carbocycles. The van der Waals surface area contributed by atoms with Crippen molar-refractivity contribution in [3.8, 4) is 0 Å². The number of carbonyl (C=O) groups excluding carboxylic acids is 2. The summed E-state index contributed by atoms with van der Waals surface area (Å²) in [6, 6.07) is 5.68. The lowest BCUT2D eigenvalue weighted by Gasteiger charge is -2.09. The highest BCUT2D eigenvalue weighted by atomic mass is 32.2. The van der Waals surface area contributed by atoms with Crippen LogP contribution in [-0.2, 0) is 14.8 Å². The maximum atomic E-state index is 12.0. The van der Waals surface area contributed by atoms with Crippen molar-refractivity contribution in [1.82, 2.24) is 10.0 Å². The number of carbonyl (C=O) groups is 2. The van der Waals surface area contributed by atoms with Crippen molar-refractivity contribution in [2.24, 2.45) is 0 Å². The van der Waals surface area contributed by atoms with E-state index in [2.05, 4.69) is 10.0 Å². The van der Waals surface area contributed by atoms with Crippen molar-refractivity contribution in [3.05, 3.63) is 29.8 Å². The quantitative estimate of drug-likeness (QED) is 0.737. The van der Waals surface area contributed by atoms with Gasteiger partial charge in [-0.15, -0.1) is 0 Å². The molecule has 0 unspecified atom stereocenters. The number of nitrogens with one attached hydrogen (secondary N) is 2. The molecule has 1 rings (SSSR count). The molecule has 0 bridgehead atoms. The van der Waals surface area contributed by atoms with Gasteiger partial charge in [-0.25, -0.2) is 13.1 Å². The number of sulfonamides is 1. The summed E-state index contributed by atoms with van der Waals surface area (Å²) in [5, 5.41) is 2.68. The largest absolute Gasteiger partial charge is 0.354 e. The summed E-state index contributed by atoms with van der Waals surface area (Å²) in [5.74, 6) is -0.336. The minimum atomic E-state index is -3.67. The maximum Gasteiger partial charge on any atom is 0.240 e. The zero-order chi connectivity index (χ0) is 16.0. The van der Waals surface area contributed by atoms with Gasteiger partial charge in [-0.2, -0.15) is 0 Å². The normalized spacial score (nSPS) is 11.4. The molecule has 0 saturated carbocycles. The molecule has 0 radical (unpaired) electrons. The van der Waals surface area contributed by atoms with Gasteiger partial charge in [0.15, 0.2) is 5.78 Å². The van der Waals surface area contributed by atoms with Gasteiger partial charge < -0.3 is 5.32 Å². The Morgan fingerprint density at radius 1 is 1.14 bits per heavy atom. The Balaban J connectivity index is 2.61. The predicted molar refractivity (Wildman–Crippen MR) is 79.5 cm³/mol. The van der Waals surface area contributed by atoms with Crippen LogP contribution in [0.2, 0.25) is 0 Å². The number of amides is 1. The number of rotatable bonds is 7. The number of benzene rings is 1. The van der Waals surface area contributed by atoms with Crippen LogP contribution in [-0.4, -0.2) is 32.7 Å². The van der Waals surface area contributed by atoms with E-state index in [1.807, 2.05) is 13.8 Å². The lowest BCUT2D eigenvalue weighted by atomic mass is 10.2. The van der Waals surface area contributed by atoms with Crippen molar-refractivity contribution in [2.45, 2.75) is 38.1 Å². The van der Waals surface area contributed by atoms with E-state index >= 15 is 0 Å². The van der Waals surface area contributed by atoms with Crippen molar-refractivity contribution >= 4 is 21.7 Å². The summed E-state index contributed by atoms with van der Waals surface area (Å²) in [7, 11) is -3.67. The van der Waals surface area contributed by atoms with E-state index < -0.39 is 10.0 Å². The topological polar surface area (TPSA) is 92.3 Å². The van der Waals surface area contributed by atoms with Crippen LogP contribution in [0, 0.1) is 0 Å². The monoisotopic (exact) mass is 312 g/mol. The summed E-state index contributed by atoms with van der Waals surface area (Å²) in [6.45, 7) is 5.10. The third-order valence-electron chi connectivity index (χ3n) is 2.66. The first-order valence-electron chi connectivity index (χ1n) is 6.62. The summed E-state index contributed by atoms with van der Waals surface area (Å²) < 4.78 is 26.3. The van der Waals surface area contributed by atoms with Crippen molar-refractivity contribution in [1.29, 1.82) is 0 Å². The molecule has 0 saturated heterocycles. The molecule has 0 spiro atoms. The van der Waals surface area contributed by atoms with E-state index in [9.17, 15) is 18.0 Å². The molecule has 1 amide bonds. The average Bonchev–Trinajstić information content (AvgIpc) is 2.37. The summed E-state index contributed by atoms with van der Waals surface area (Å²) in [5.41, 5.74) is 0.449. The lowest BCUT2D eigenvalue weighted by molar-refractivity contribution is -0.121. The minimum Gasteiger partial charge on any atom is -0.354 e. The Kier molecular flexibility index (Phi) is 6.04. The highest BCUT2D eigenvalue weighted by Gasteiger charge is 2.14. The molecule has 0 atom stereocenters. The van der Waals surface area contributed by atoms with Gasteiger partial charge in [0.2, 0.25) is 15.9 Å². The molecule has 0 aromatic heterocycles. The molecule has 0 heterocycles. The van der Waals surface area contributed by atoms with Crippen molar-refractivity contribution < 1.29 is 18.0 Å². The Labute approximate surface area is 125 Å². The van der Waals surface area contributed by atoms with Gasteiger partial charge in [0.05, 0.1) is 4.90 Å². The zero-order valence-corrected chi connectivity index (χ0v) is 13.2. The van der Waals surface area contributed by atoms with Crippen LogP contribution in [0.1, 0.15) is 37.6 Å². The molecule has 2 N–H and O–H groups in total. The molecule has 0 aliphatic rings. The molecule has 116 valence electrons. The first-order chi connectivity index (χ1) is 9.72. The van der Waals surface area contributed by atoms with E-state index in [1.165, 1.54) is 31.2 Å². The number of ketones is 1. The Bertz CT molecular complexity index is 606. The Hall–Kier alpha value is -1.73. The molecule has 6 nitrogen and oxygen atoms in total. The van der Waals surface area contributed by atoms with Gasteiger partial charge >= 0.3 is 0 Å². The fourth-order valence-electron chi connectivity index (χ4n) is 1.65. The Morgan fingerprint density at radius 2 is 1.71 bits per heavy atom. The second-order valence-electron chi connectivity index (χ2n) is 4.95. The summed E-state index contributed by atoms with van der Waals surface area (Å²) in [6.07, 6.45) is 0.0724. The van der Waals surface area contributed by atoms with E-state index in [4.69, 9.17) is 0 Å². The molecule has 21 heavy (non-hydrogen) atoms. The molecule has 0 aliphatic carbocycles. The first kappa shape index (κ1) is 17.3. The first-order valence-corrected chi connectivity index (χ1v) is 8.10. The SMILES string of the molecule is CC(=O)c1ccc(S(=O)(=O)NCCC(=O)NC(C)C)cc1. The standard InChI is InChI=1S/C14H20N2O4S/c1-10(2)16-14(18)8-9-15-21(19,20)13-6-4-12(5-7-13)11(3)17/h4-7,10,15H,8-9H2,1-3H3,(H,16,18). The molecule has 0 aliphatic heterocycles. The average molecular weight is 312 g/mol. The van der Waals surface area contributed by atoms with Gasteiger partial charge in [-0.1, -0.05) is 12.1 Å². The van der Waals surface area contributed by atoms with Crippen LogP contribution in [0.25, 0.3) is 0 Å². The zero-order valence-electron chi connectivity index (χ0n) is 12.3. The smallest absolute Gasteiger partial charge is 0.240 e. The highest BCUT2D eigenvalue weighted by molar-refractivity contribution is 7.89. The van der Waals surface area contributed by atoms with Crippen LogP contribution < -0.4 is 10.0 Å². The van der Waals surface area contributed by atoms with Gasteiger partial charge in [0.25, 0.3) is 0 Å². The van der Waals surface area contributed by atoms with Crippen molar-refractivity contribution in [2.75, 3.05) is 6.54 Å². The molecule has 1 aromatic rings. The minimum absolute atomic E-state index is 0.0215. The van der Waals surface area contributed by atoms with Crippen LogP contribution in [0.15, 0.2) is 29.2 Å². The van der Waals surface area contributed by atoms with Crippen LogP contribution in [0.4, 0.5) is 0 Å². The fourth-order valence-corrected chi connectivity index (χ4v) is 2.68.